The molecule has 0 saturated heterocycles. The predicted molar refractivity (Wildman–Crippen MR) is 126 cm³/mol. The van der Waals surface area contributed by atoms with Crippen LogP contribution in [-0.2, 0) is 16.1 Å². The van der Waals surface area contributed by atoms with E-state index in [-0.39, 0.29) is 25.0 Å². The highest BCUT2D eigenvalue weighted by molar-refractivity contribution is 7.96. The van der Waals surface area contributed by atoms with Gasteiger partial charge in [-0.25, -0.2) is 4.79 Å². The van der Waals surface area contributed by atoms with E-state index < -0.39 is 7.26 Å². The van der Waals surface area contributed by atoms with Gasteiger partial charge in [0.15, 0.2) is 6.16 Å². The van der Waals surface area contributed by atoms with Crippen molar-refractivity contribution in [2.45, 2.75) is 6.61 Å². The van der Waals surface area contributed by atoms with Gasteiger partial charge in [-0.1, -0.05) is 84.9 Å². The van der Waals surface area contributed by atoms with Crippen LogP contribution < -0.4 is 28.3 Å². The predicted octanol–water partition coefficient (Wildman–Crippen LogP) is 1.73. The molecule has 4 rings (SSSR count). The summed E-state index contributed by atoms with van der Waals surface area (Å²) in [6, 6.07) is 41.0. The molecule has 0 saturated carbocycles. The molecule has 0 aliphatic heterocycles. The Kier molecular flexibility index (Phi) is 8.00. The molecule has 0 aliphatic rings. The first-order valence-corrected chi connectivity index (χ1v) is 12.0. The van der Waals surface area contributed by atoms with E-state index in [0.717, 1.165) is 5.56 Å². The van der Waals surface area contributed by atoms with E-state index in [4.69, 9.17) is 4.74 Å². The number of hydrogen-bond donors (Lipinski definition) is 0. The van der Waals surface area contributed by atoms with Crippen LogP contribution in [0.4, 0.5) is 0 Å². The van der Waals surface area contributed by atoms with Gasteiger partial charge in [0.2, 0.25) is 0 Å². The number of benzene rings is 4. The summed E-state index contributed by atoms with van der Waals surface area (Å²) in [7, 11) is -2.21. The lowest BCUT2D eigenvalue weighted by Crippen LogP contribution is -3.00. The van der Waals surface area contributed by atoms with Crippen LogP contribution in [-0.4, -0.2) is 12.1 Å². The number of carbonyl (C=O) groups is 1. The molecule has 0 bridgehead atoms. The zero-order valence-corrected chi connectivity index (χ0v) is 18.8. The lowest BCUT2D eigenvalue weighted by molar-refractivity contribution is -0.141. The molecule has 4 aromatic rings. The Labute approximate surface area is 190 Å². The molecule has 4 heteroatoms. The minimum Gasteiger partial charge on any atom is -1.00 e. The topological polar surface area (TPSA) is 26.3 Å². The number of hydrogen-bond acceptors (Lipinski definition) is 2. The Morgan fingerprint density at radius 1 is 0.581 bits per heavy atom. The molecule has 0 unspecified atom stereocenters. The van der Waals surface area contributed by atoms with Crippen LogP contribution in [0.1, 0.15) is 5.56 Å². The monoisotopic (exact) mass is 446 g/mol. The molecule has 0 heterocycles. The van der Waals surface area contributed by atoms with Crippen LogP contribution in [0.5, 0.6) is 0 Å². The smallest absolute Gasteiger partial charge is 0.345 e. The molecule has 0 N–H and O–H groups in total. The first-order chi connectivity index (χ1) is 14.8. The number of carbonyl (C=O) groups excluding carboxylic acids is 1. The molecule has 2 nitrogen and oxygen atoms in total. The fourth-order valence-corrected chi connectivity index (χ4v) is 7.71. The SMILES string of the molecule is O=C(C[P+](c1ccccc1)(c1ccccc1)c1ccccc1)OCc1ccccc1.[Cl-]. The molecular weight excluding hydrogens is 423 g/mol. The summed E-state index contributed by atoms with van der Waals surface area (Å²) < 4.78 is 5.74. The fourth-order valence-electron chi connectivity index (χ4n) is 3.75. The van der Waals surface area contributed by atoms with Gasteiger partial charge in [-0.05, 0) is 42.0 Å². The molecular formula is C27H24ClO2P. The lowest BCUT2D eigenvalue weighted by Gasteiger charge is -2.26. The maximum atomic E-state index is 13.2. The third kappa shape index (κ3) is 5.22. The van der Waals surface area contributed by atoms with Crippen molar-refractivity contribution in [2.24, 2.45) is 0 Å². The Morgan fingerprint density at radius 3 is 1.32 bits per heavy atom. The Balaban J connectivity index is 0.00000272. The van der Waals surface area contributed by atoms with E-state index in [2.05, 4.69) is 36.4 Å². The quantitative estimate of drug-likeness (QED) is 0.319. The molecule has 4 aromatic carbocycles. The normalized spacial score (nSPS) is 10.7. The summed E-state index contributed by atoms with van der Waals surface area (Å²) >= 11 is 0. The molecule has 156 valence electrons. The number of ether oxygens (including phenoxy) is 1. The van der Waals surface area contributed by atoms with E-state index in [1.54, 1.807) is 0 Å². The van der Waals surface area contributed by atoms with Gasteiger partial charge in [0.05, 0.1) is 0 Å². The van der Waals surface area contributed by atoms with Crippen molar-refractivity contribution in [3.63, 3.8) is 0 Å². The van der Waals surface area contributed by atoms with Crippen molar-refractivity contribution in [1.82, 2.24) is 0 Å². The molecule has 0 fully saturated rings. The standard InChI is InChI=1S/C27H24O2P.ClH/c28-27(29-21-23-13-5-1-6-14-23)22-30(24-15-7-2-8-16-24,25-17-9-3-10-18-25)26-19-11-4-12-20-26;/h1-20H,21-22H2;1H/q+1;/p-1. The summed E-state index contributed by atoms with van der Waals surface area (Å²) in [6.07, 6.45) is 0.331. The second kappa shape index (κ2) is 10.9. The van der Waals surface area contributed by atoms with E-state index in [1.807, 2.05) is 84.9 Å². The Morgan fingerprint density at radius 2 is 0.935 bits per heavy atom. The average molecular weight is 447 g/mol. The van der Waals surface area contributed by atoms with Gasteiger partial charge >= 0.3 is 5.97 Å². The zero-order valence-electron chi connectivity index (χ0n) is 17.1. The highest BCUT2D eigenvalue weighted by Crippen LogP contribution is 2.55. The van der Waals surface area contributed by atoms with Crippen molar-refractivity contribution < 1.29 is 21.9 Å². The molecule has 31 heavy (non-hydrogen) atoms. The highest BCUT2D eigenvalue weighted by atomic mass is 35.5. The van der Waals surface area contributed by atoms with Gasteiger partial charge in [-0.15, -0.1) is 0 Å². The molecule has 0 atom stereocenters. The first-order valence-electron chi connectivity index (χ1n) is 10.0. The van der Waals surface area contributed by atoms with Gasteiger partial charge in [0.25, 0.3) is 0 Å². The molecule has 0 radical (unpaired) electrons. The number of rotatable bonds is 7. The summed E-state index contributed by atoms with van der Waals surface area (Å²) in [6.45, 7) is 0.290. The Bertz CT molecular complexity index is 975. The van der Waals surface area contributed by atoms with Crippen molar-refractivity contribution in [1.29, 1.82) is 0 Å². The maximum absolute atomic E-state index is 13.2. The number of halogens is 1. The van der Waals surface area contributed by atoms with Crippen molar-refractivity contribution in [2.75, 3.05) is 6.16 Å². The van der Waals surface area contributed by atoms with Gasteiger partial charge in [0, 0.05) is 0 Å². The number of esters is 1. The lowest BCUT2D eigenvalue weighted by atomic mass is 10.2. The summed E-state index contributed by atoms with van der Waals surface area (Å²) in [5.74, 6) is -0.177. The van der Waals surface area contributed by atoms with Gasteiger partial charge in [0.1, 0.15) is 29.8 Å². The van der Waals surface area contributed by atoms with Crippen molar-refractivity contribution in [3.05, 3.63) is 127 Å². The van der Waals surface area contributed by atoms with Crippen molar-refractivity contribution in [3.8, 4) is 0 Å². The summed E-state index contributed by atoms with van der Waals surface area (Å²) in [5, 5.41) is 3.54. The van der Waals surface area contributed by atoms with Crippen LogP contribution in [0.2, 0.25) is 0 Å². The highest BCUT2D eigenvalue weighted by Gasteiger charge is 2.47. The average Bonchev–Trinajstić information content (AvgIpc) is 2.83. The molecule has 0 spiro atoms. The van der Waals surface area contributed by atoms with Crippen LogP contribution in [0, 0.1) is 0 Å². The Hall–Kier alpha value is -2.93. The van der Waals surface area contributed by atoms with Crippen LogP contribution in [0.15, 0.2) is 121 Å². The first kappa shape index (κ1) is 22.7. The molecule has 0 aromatic heterocycles. The van der Waals surface area contributed by atoms with Gasteiger partial charge in [-0.3, -0.25) is 0 Å². The third-order valence-electron chi connectivity index (χ3n) is 5.20. The third-order valence-corrected chi connectivity index (χ3v) is 9.47. The minimum atomic E-state index is -2.21. The zero-order chi connectivity index (χ0) is 20.7. The molecule has 0 amide bonds. The van der Waals surface area contributed by atoms with Crippen molar-refractivity contribution >= 4 is 29.1 Å². The van der Waals surface area contributed by atoms with Crippen LogP contribution >= 0.6 is 7.26 Å². The van der Waals surface area contributed by atoms with E-state index >= 15 is 0 Å². The minimum absolute atomic E-state index is 0. The summed E-state index contributed by atoms with van der Waals surface area (Å²) in [5.41, 5.74) is 0.994. The maximum Gasteiger partial charge on any atom is 0.345 e. The largest absolute Gasteiger partial charge is 1.00 e. The van der Waals surface area contributed by atoms with E-state index in [0.29, 0.717) is 6.16 Å². The second-order valence-corrected chi connectivity index (χ2v) is 10.6. The molecule has 0 aliphatic carbocycles. The van der Waals surface area contributed by atoms with E-state index in [1.165, 1.54) is 15.9 Å². The fraction of sp³-hybridized carbons (Fsp3) is 0.0741. The second-order valence-electron chi connectivity index (χ2n) is 7.12. The van der Waals surface area contributed by atoms with Gasteiger partial charge in [-0.2, -0.15) is 0 Å². The van der Waals surface area contributed by atoms with Crippen LogP contribution in [0.25, 0.3) is 0 Å². The van der Waals surface area contributed by atoms with E-state index in [9.17, 15) is 4.79 Å². The summed E-state index contributed by atoms with van der Waals surface area (Å²) in [4.78, 5) is 13.2. The van der Waals surface area contributed by atoms with Crippen LogP contribution in [0.3, 0.4) is 0 Å². The van der Waals surface area contributed by atoms with Gasteiger partial charge < -0.3 is 17.1 Å².